The van der Waals surface area contributed by atoms with Crippen molar-refractivity contribution < 1.29 is 14.3 Å². The molecule has 0 fully saturated rings. The van der Waals surface area contributed by atoms with E-state index >= 15 is 0 Å². The summed E-state index contributed by atoms with van der Waals surface area (Å²) in [6.07, 6.45) is 0.861. The number of rotatable bonds is 6. The first kappa shape index (κ1) is 16.7. The van der Waals surface area contributed by atoms with Gasteiger partial charge in [0.05, 0.1) is 12.3 Å². The number of benzene rings is 2. The molecule has 0 radical (unpaired) electrons. The molecule has 0 saturated heterocycles. The van der Waals surface area contributed by atoms with Crippen LogP contribution in [0.25, 0.3) is 0 Å². The second kappa shape index (κ2) is 7.58. The molecule has 0 atom stereocenters. The van der Waals surface area contributed by atoms with Gasteiger partial charge in [-0.05, 0) is 50.1 Å². The number of carbonyl (C=O) groups is 2. The molecule has 2 aromatic carbocycles. The van der Waals surface area contributed by atoms with Crippen molar-refractivity contribution in [1.82, 2.24) is 0 Å². The fourth-order valence-corrected chi connectivity index (χ4v) is 2.20. The van der Waals surface area contributed by atoms with Crippen molar-refractivity contribution in [1.29, 1.82) is 0 Å². The lowest BCUT2D eigenvalue weighted by atomic mass is 10.1. The van der Waals surface area contributed by atoms with E-state index in [1.807, 2.05) is 32.0 Å². The smallest absolute Gasteiger partial charge is 0.256 e. The van der Waals surface area contributed by atoms with Gasteiger partial charge in [-0.2, -0.15) is 0 Å². The van der Waals surface area contributed by atoms with Crippen LogP contribution in [0.3, 0.4) is 0 Å². The maximum Gasteiger partial charge on any atom is 0.256 e. The molecule has 0 aromatic heterocycles. The van der Waals surface area contributed by atoms with E-state index < -0.39 is 0 Å². The highest BCUT2D eigenvalue weighted by atomic mass is 16.5. The largest absolute Gasteiger partial charge is 0.491 e. The molecule has 0 heterocycles. The third-order valence-corrected chi connectivity index (χ3v) is 3.49. The Labute approximate surface area is 136 Å². The lowest BCUT2D eigenvalue weighted by molar-refractivity contribution is 0.101. The number of amides is 1. The fourth-order valence-electron chi connectivity index (χ4n) is 2.20. The van der Waals surface area contributed by atoms with Gasteiger partial charge in [0.1, 0.15) is 5.75 Å². The third-order valence-electron chi connectivity index (χ3n) is 3.49. The summed E-state index contributed by atoms with van der Waals surface area (Å²) in [6, 6.07) is 12.4. The van der Waals surface area contributed by atoms with Gasteiger partial charge in [0, 0.05) is 11.1 Å². The van der Waals surface area contributed by atoms with E-state index in [-0.39, 0.29) is 11.7 Å². The van der Waals surface area contributed by atoms with E-state index in [1.165, 1.54) is 6.92 Å². The van der Waals surface area contributed by atoms with Gasteiger partial charge >= 0.3 is 0 Å². The van der Waals surface area contributed by atoms with Crippen LogP contribution in [0.5, 0.6) is 5.75 Å². The van der Waals surface area contributed by atoms with E-state index in [0.717, 1.165) is 12.0 Å². The molecule has 0 aliphatic carbocycles. The molecule has 2 rings (SSSR count). The minimum Gasteiger partial charge on any atom is -0.491 e. The number of ether oxygens (including phenoxy) is 1. The summed E-state index contributed by atoms with van der Waals surface area (Å²) >= 11 is 0. The van der Waals surface area contributed by atoms with E-state index in [1.54, 1.807) is 24.3 Å². The quantitative estimate of drug-likeness (QED) is 0.812. The SMILES string of the molecule is CCCOc1ccc(C(C)=O)cc1NC(=O)c1ccccc1C. The Morgan fingerprint density at radius 1 is 1.13 bits per heavy atom. The highest BCUT2D eigenvalue weighted by molar-refractivity contribution is 6.06. The minimum absolute atomic E-state index is 0.0570. The van der Waals surface area contributed by atoms with Gasteiger partial charge in [-0.3, -0.25) is 9.59 Å². The van der Waals surface area contributed by atoms with Crippen LogP contribution in [0, 0.1) is 6.92 Å². The van der Waals surface area contributed by atoms with Gasteiger partial charge in [0.2, 0.25) is 0 Å². The zero-order valence-electron chi connectivity index (χ0n) is 13.7. The molecule has 0 bridgehead atoms. The van der Waals surface area contributed by atoms with Crippen LogP contribution >= 0.6 is 0 Å². The Balaban J connectivity index is 2.32. The summed E-state index contributed by atoms with van der Waals surface area (Å²) < 4.78 is 5.66. The van der Waals surface area contributed by atoms with E-state index in [4.69, 9.17) is 4.74 Å². The number of Topliss-reactive ketones (excluding diaryl/α,β-unsaturated/α-hetero) is 1. The zero-order valence-corrected chi connectivity index (χ0v) is 13.7. The molecular weight excluding hydrogens is 290 g/mol. The maximum absolute atomic E-state index is 12.5. The summed E-state index contributed by atoms with van der Waals surface area (Å²) in [6.45, 7) is 5.94. The highest BCUT2D eigenvalue weighted by Crippen LogP contribution is 2.27. The third kappa shape index (κ3) is 4.19. The van der Waals surface area contributed by atoms with Crippen LogP contribution in [0.4, 0.5) is 5.69 Å². The summed E-state index contributed by atoms with van der Waals surface area (Å²) in [7, 11) is 0. The van der Waals surface area contributed by atoms with Gasteiger partial charge in [-0.15, -0.1) is 0 Å². The predicted octanol–water partition coefficient (Wildman–Crippen LogP) is 4.24. The first-order valence-electron chi connectivity index (χ1n) is 7.67. The fraction of sp³-hybridized carbons (Fsp3) is 0.263. The lowest BCUT2D eigenvalue weighted by Crippen LogP contribution is -2.15. The molecule has 23 heavy (non-hydrogen) atoms. The monoisotopic (exact) mass is 311 g/mol. The van der Waals surface area contributed by atoms with Gasteiger partial charge < -0.3 is 10.1 Å². The van der Waals surface area contributed by atoms with Crippen LogP contribution in [-0.4, -0.2) is 18.3 Å². The number of hydrogen-bond acceptors (Lipinski definition) is 3. The molecule has 0 saturated carbocycles. The first-order chi connectivity index (χ1) is 11.0. The van der Waals surface area contributed by atoms with Crippen molar-refractivity contribution >= 4 is 17.4 Å². The van der Waals surface area contributed by atoms with Crippen molar-refractivity contribution in [3.63, 3.8) is 0 Å². The van der Waals surface area contributed by atoms with E-state index in [9.17, 15) is 9.59 Å². The molecule has 4 nitrogen and oxygen atoms in total. The van der Waals surface area contributed by atoms with Gasteiger partial charge in [0.15, 0.2) is 5.78 Å². The number of anilines is 1. The summed E-state index contributed by atoms with van der Waals surface area (Å²) in [4.78, 5) is 24.1. The number of nitrogens with one attached hydrogen (secondary N) is 1. The lowest BCUT2D eigenvalue weighted by Gasteiger charge is -2.14. The zero-order chi connectivity index (χ0) is 16.8. The van der Waals surface area contributed by atoms with Crippen LogP contribution in [-0.2, 0) is 0 Å². The normalized spacial score (nSPS) is 10.2. The van der Waals surface area contributed by atoms with Gasteiger partial charge in [-0.25, -0.2) is 0 Å². The summed E-state index contributed by atoms with van der Waals surface area (Å²) in [5.41, 5.74) is 2.54. The molecule has 1 amide bonds. The molecule has 0 spiro atoms. The van der Waals surface area contributed by atoms with Gasteiger partial charge in [-0.1, -0.05) is 25.1 Å². The maximum atomic E-state index is 12.5. The summed E-state index contributed by atoms with van der Waals surface area (Å²) in [5, 5.41) is 2.86. The molecular formula is C19H21NO3. The van der Waals surface area contributed by atoms with Crippen LogP contribution in [0.15, 0.2) is 42.5 Å². The molecule has 4 heteroatoms. The molecule has 120 valence electrons. The second-order valence-corrected chi connectivity index (χ2v) is 5.38. The average molecular weight is 311 g/mol. The Hall–Kier alpha value is -2.62. The Bertz CT molecular complexity index is 722. The molecule has 0 aliphatic rings. The second-order valence-electron chi connectivity index (χ2n) is 5.38. The Morgan fingerprint density at radius 3 is 2.52 bits per heavy atom. The first-order valence-corrected chi connectivity index (χ1v) is 7.67. The number of ketones is 1. The van der Waals surface area contributed by atoms with Gasteiger partial charge in [0.25, 0.3) is 5.91 Å². The molecule has 2 aromatic rings. The number of hydrogen-bond donors (Lipinski definition) is 1. The standard InChI is InChI=1S/C19H21NO3/c1-4-11-23-18-10-9-15(14(3)21)12-17(18)20-19(22)16-8-6-5-7-13(16)2/h5-10,12H,4,11H2,1-3H3,(H,20,22). The summed E-state index contributed by atoms with van der Waals surface area (Å²) in [5.74, 6) is 0.294. The topological polar surface area (TPSA) is 55.4 Å². The Kier molecular flexibility index (Phi) is 5.52. The number of carbonyl (C=O) groups excluding carboxylic acids is 2. The predicted molar refractivity (Wildman–Crippen MR) is 91.4 cm³/mol. The van der Waals surface area contributed by atoms with Crippen LogP contribution in [0.2, 0.25) is 0 Å². The van der Waals surface area contributed by atoms with E-state index in [2.05, 4.69) is 5.32 Å². The highest BCUT2D eigenvalue weighted by Gasteiger charge is 2.13. The van der Waals surface area contributed by atoms with Crippen molar-refractivity contribution in [3.8, 4) is 5.75 Å². The average Bonchev–Trinajstić information content (AvgIpc) is 2.53. The Morgan fingerprint density at radius 2 is 1.87 bits per heavy atom. The van der Waals surface area contributed by atoms with Crippen molar-refractivity contribution in [2.45, 2.75) is 27.2 Å². The van der Waals surface area contributed by atoms with Crippen molar-refractivity contribution in [2.75, 3.05) is 11.9 Å². The molecule has 0 unspecified atom stereocenters. The van der Waals surface area contributed by atoms with Crippen LogP contribution < -0.4 is 10.1 Å². The number of aryl methyl sites for hydroxylation is 1. The van der Waals surface area contributed by atoms with Crippen LogP contribution in [0.1, 0.15) is 46.5 Å². The van der Waals surface area contributed by atoms with E-state index in [0.29, 0.717) is 29.2 Å². The van der Waals surface area contributed by atoms with Crippen molar-refractivity contribution in [2.24, 2.45) is 0 Å². The van der Waals surface area contributed by atoms with Crippen molar-refractivity contribution in [3.05, 3.63) is 59.2 Å². The molecule has 0 aliphatic heterocycles. The minimum atomic E-state index is -0.217. The molecule has 1 N–H and O–H groups in total.